The SMILES string of the molecule is CC(C)Cn1ccc2c(NC(=O)Cn3nc(-c4ccco4)ccc3=O)cccc21. The molecule has 0 saturated carbocycles. The Bertz CT molecular complexity index is 1200. The van der Waals surface area contributed by atoms with Gasteiger partial charge in [0.2, 0.25) is 5.91 Å². The minimum absolute atomic E-state index is 0.184. The van der Waals surface area contributed by atoms with Crippen molar-refractivity contribution in [3.63, 3.8) is 0 Å². The number of carbonyl (C=O) groups is 1. The van der Waals surface area contributed by atoms with E-state index in [1.165, 1.54) is 12.3 Å². The second kappa shape index (κ2) is 7.79. The van der Waals surface area contributed by atoms with Crippen molar-refractivity contribution in [1.29, 1.82) is 0 Å². The van der Waals surface area contributed by atoms with Crippen LogP contribution in [0.2, 0.25) is 0 Å². The van der Waals surface area contributed by atoms with Crippen LogP contribution < -0.4 is 10.9 Å². The number of hydrogen-bond donors (Lipinski definition) is 1. The van der Waals surface area contributed by atoms with E-state index >= 15 is 0 Å². The fourth-order valence-electron chi connectivity index (χ4n) is 3.33. The smallest absolute Gasteiger partial charge is 0.267 e. The minimum Gasteiger partial charge on any atom is -0.463 e. The summed E-state index contributed by atoms with van der Waals surface area (Å²) in [5, 5.41) is 8.11. The Morgan fingerprint density at radius 1 is 1.14 bits per heavy atom. The lowest BCUT2D eigenvalue weighted by atomic mass is 10.2. The number of nitrogens with zero attached hydrogens (tertiary/aromatic N) is 3. The summed E-state index contributed by atoms with van der Waals surface area (Å²) in [4.78, 5) is 24.8. The second-order valence-electron chi connectivity index (χ2n) is 7.34. The number of aromatic nitrogens is 3. The van der Waals surface area contributed by atoms with Gasteiger partial charge in [-0.15, -0.1) is 0 Å². The Balaban J connectivity index is 1.56. The monoisotopic (exact) mass is 390 g/mol. The van der Waals surface area contributed by atoms with Crippen molar-refractivity contribution in [2.75, 3.05) is 5.32 Å². The number of furan rings is 1. The van der Waals surface area contributed by atoms with Gasteiger partial charge in [0.25, 0.3) is 5.56 Å². The standard InChI is InChI=1S/C22H22N4O3/c1-15(2)13-25-11-10-16-17(5-3-6-19(16)25)23-21(27)14-26-22(28)9-8-18(24-26)20-7-4-12-29-20/h3-12,15H,13-14H2,1-2H3,(H,23,27). The molecule has 148 valence electrons. The van der Waals surface area contributed by atoms with E-state index < -0.39 is 0 Å². The van der Waals surface area contributed by atoms with Crippen molar-refractivity contribution in [1.82, 2.24) is 14.3 Å². The van der Waals surface area contributed by atoms with Gasteiger partial charge >= 0.3 is 0 Å². The van der Waals surface area contributed by atoms with Crippen LogP contribution in [0.1, 0.15) is 13.8 Å². The Hall–Kier alpha value is -3.61. The molecule has 3 aromatic heterocycles. The quantitative estimate of drug-likeness (QED) is 0.544. The molecule has 0 aliphatic rings. The maximum atomic E-state index is 12.6. The number of fused-ring (bicyclic) bond motifs is 1. The number of amides is 1. The molecule has 1 N–H and O–H groups in total. The average Bonchev–Trinajstić information content (AvgIpc) is 3.34. The van der Waals surface area contributed by atoms with Gasteiger partial charge < -0.3 is 14.3 Å². The van der Waals surface area contributed by atoms with Crippen molar-refractivity contribution in [2.24, 2.45) is 5.92 Å². The van der Waals surface area contributed by atoms with Crippen LogP contribution in [-0.2, 0) is 17.9 Å². The first-order chi connectivity index (χ1) is 14.0. The van der Waals surface area contributed by atoms with E-state index in [9.17, 15) is 9.59 Å². The highest BCUT2D eigenvalue weighted by Gasteiger charge is 2.12. The van der Waals surface area contributed by atoms with Crippen molar-refractivity contribution < 1.29 is 9.21 Å². The number of benzene rings is 1. The van der Waals surface area contributed by atoms with Crippen LogP contribution >= 0.6 is 0 Å². The fourth-order valence-corrected chi connectivity index (χ4v) is 3.33. The lowest BCUT2D eigenvalue weighted by molar-refractivity contribution is -0.117. The molecule has 1 amide bonds. The maximum Gasteiger partial charge on any atom is 0.267 e. The third-order valence-electron chi connectivity index (χ3n) is 4.58. The molecule has 0 spiro atoms. The summed E-state index contributed by atoms with van der Waals surface area (Å²) in [6.07, 6.45) is 3.56. The van der Waals surface area contributed by atoms with Crippen molar-refractivity contribution in [3.05, 3.63) is 71.3 Å². The maximum absolute atomic E-state index is 12.6. The number of anilines is 1. The van der Waals surface area contributed by atoms with Crippen molar-refractivity contribution >= 4 is 22.5 Å². The van der Waals surface area contributed by atoms with Gasteiger partial charge in [-0.25, -0.2) is 4.68 Å². The number of rotatable bonds is 6. The third-order valence-corrected chi connectivity index (χ3v) is 4.58. The lowest BCUT2D eigenvalue weighted by Crippen LogP contribution is -2.29. The van der Waals surface area contributed by atoms with Crippen LogP contribution in [0, 0.1) is 5.92 Å². The predicted molar refractivity (Wildman–Crippen MR) is 112 cm³/mol. The zero-order valence-electron chi connectivity index (χ0n) is 16.3. The highest BCUT2D eigenvalue weighted by molar-refractivity contribution is 6.01. The summed E-state index contributed by atoms with van der Waals surface area (Å²) in [6.45, 7) is 5.05. The molecule has 0 fully saturated rings. The fraction of sp³-hybridized carbons (Fsp3) is 0.227. The molecular formula is C22H22N4O3. The Labute approximate surface area is 167 Å². The average molecular weight is 390 g/mol. The van der Waals surface area contributed by atoms with Crippen molar-refractivity contribution in [3.8, 4) is 11.5 Å². The second-order valence-corrected chi connectivity index (χ2v) is 7.34. The van der Waals surface area contributed by atoms with Gasteiger partial charge in [-0.2, -0.15) is 5.10 Å². The van der Waals surface area contributed by atoms with E-state index in [2.05, 4.69) is 28.8 Å². The van der Waals surface area contributed by atoms with Gasteiger partial charge in [-0.1, -0.05) is 19.9 Å². The molecule has 0 saturated heterocycles. The van der Waals surface area contributed by atoms with Crippen LogP contribution in [-0.4, -0.2) is 20.3 Å². The molecule has 0 atom stereocenters. The summed E-state index contributed by atoms with van der Waals surface area (Å²) >= 11 is 0. The van der Waals surface area contributed by atoms with Crippen LogP contribution in [0.25, 0.3) is 22.4 Å². The zero-order chi connectivity index (χ0) is 20.4. The first kappa shape index (κ1) is 18.7. The molecule has 0 aliphatic carbocycles. The van der Waals surface area contributed by atoms with Gasteiger partial charge in [0.1, 0.15) is 12.2 Å². The summed E-state index contributed by atoms with van der Waals surface area (Å²) < 4.78 is 8.62. The molecule has 4 rings (SSSR count). The molecular weight excluding hydrogens is 368 g/mol. The van der Waals surface area contributed by atoms with E-state index in [0.29, 0.717) is 23.1 Å². The molecule has 0 bridgehead atoms. The van der Waals surface area contributed by atoms with E-state index in [-0.39, 0.29) is 18.0 Å². The molecule has 4 aromatic rings. The largest absolute Gasteiger partial charge is 0.463 e. The van der Waals surface area contributed by atoms with Gasteiger partial charge in [0.05, 0.1) is 17.5 Å². The van der Waals surface area contributed by atoms with E-state index in [4.69, 9.17) is 4.42 Å². The summed E-state index contributed by atoms with van der Waals surface area (Å²) in [5.74, 6) is 0.735. The molecule has 3 heterocycles. The van der Waals surface area contributed by atoms with Crippen LogP contribution in [0.4, 0.5) is 5.69 Å². The molecule has 1 aromatic carbocycles. The number of nitrogens with one attached hydrogen (secondary N) is 1. The lowest BCUT2D eigenvalue weighted by Gasteiger charge is -2.11. The van der Waals surface area contributed by atoms with Crippen LogP contribution in [0.15, 0.2) is 70.2 Å². The first-order valence-corrected chi connectivity index (χ1v) is 9.51. The minimum atomic E-state index is -0.350. The molecule has 7 nitrogen and oxygen atoms in total. The normalized spacial score (nSPS) is 11.3. The van der Waals surface area contributed by atoms with Gasteiger partial charge in [-0.05, 0) is 42.3 Å². The molecule has 7 heteroatoms. The Morgan fingerprint density at radius 3 is 2.76 bits per heavy atom. The van der Waals surface area contributed by atoms with E-state index in [1.807, 2.05) is 30.5 Å². The Kier molecular flexibility index (Phi) is 5.03. The topological polar surface area (TPSA) is 82.1 Å². The number of carbonyl (C=O) groups excluding carboxylic acids is 1. The van der Waals surface area contributed by atoms with Gasteiger partial charge in [0, 0.05) is 24.2 Å². The van der Waals surface area contributed by atoms with Crippen molar-refractivity contribution in [2.45, 2.75) is 26.9 Å². The van der Waals surface area contributed by atoms with Gasteiger partial charge in [0.15, 0.2) is 5.76 Å². The van der Waals surface area contributed by atoms with E-state index in [0.717, 1.165) is 22.1 Å². The Morgan fingerprint density at radius 2 is 2.00 bits per heavy atom. The van der Waals surface area contributed by atoms with E-state index in [1.54, 1.807) is 18.2 Å². The highest BCUT2D eigenvalue weighted by Crippen LogP contribution is 2.25. The predicted octanol–water partition coefficient (Wildman–Crippen LogP) is 3.75. The molecule has 0 radical (unpaired) electrons. The van der Waals surface area contributed by atoms with Crippen LogP contribution in [0.5, 0.6) is 0 Å². The van der Waals surface area contributed by atoms with Crippen LogP contribution in [0.3, 0.4) is 0 Å². The molecule has 29 heavy (non-hydrogen) atoms. The number of hydrogen-bond acceptors (Lipinski definition) is 4. The molecule has 0 aliphatic heterocycles. The molecule has 0 unspecified atom stereocenters. The summed E-state index contributed by atoms with van der Waals surface area (Å²) in [7, 11) is 0. The third kappa shape index (κ3) is 3.99. The zero-order valence-corrected chi connectivity index (χ0v) is 16.3. The summed E-state index contributed by atoms with van der Waals surface area (Å²) in [5.41, 5.74) is 1.92. The summed E-state index contributed by atoms with van der Waals surface area (Å²) in [6, 6.07) is 14.2. The van der Waals surface area contributed by atoms with Gasteiger partial charge in [-0.3, -0.25) is 9.59 Å². The highest BCUT2D eigenvalue weighted by atomic mass is 16.3. The first-order valence-electron chi connectivity index (χ1n) is 9.51.